The molecule has 1 saturated heterocycles. The van der Waals surface area contributed by atoms with E-state index in [0.717, 1.165) is 99.9 Å². The lowest BCUT2D eigenvalue weighted by molar-refractivity contribution is 0.101. The Labute approximate surface area is 749 Å². The first-order valence-corrected chi connectivity index (χ1v) is 41.8. The van der Waals surface area contributed by atoms with Crippen LogP contribution in [0.25, 0.3) is 45.0 Å². The molecule has 0 bridgehead atoms. The molecule has 1 atom stereocenters. The summed E-state index contributed by atoms with van der Waals surface area (Å²) in [5, 5.41) is 25.9. The van der Waals surface area contributed by atoms with Gasteiger partial charge in [0.15, 0.2) is 0 Å². The highest BCUT2D eigenvalue weighted by molar-refractivity contribution is 6.07. The molecule has 10 aromatic heterocycles. The van der Waals surface area contributed by atoms with E-state index in [-0.39, 0.29) is 51.9 Å². The first-order chi connectivity index (χ1) is 63.0. The van der Waals surface area contributed by atoms with Gasteiger partial charge in [-0.15, -0.1) is 0 Å². The fourth-order valence-electron chi connectivity index (χ4n) is 13.5. The van der Waals surface area contributed by atoms with Gasteiger partial charge in [-0.05, 0) is 187 Å². The van der Waals surface area contributed by atoms with Gasteiger partial charge in [-0.2, -0.15) is 0 Å². The number of hydrogen-bond donors (Lipinski definition) is 14. The van der Waals surface area contributed by atoms with Gasteiger partial charge in [-0.25, -0.2) is 29.9 Å². The maximum Gasteiger partial charge on any atom is 0.271 e. The quantitative estimate of drug-likeness (QED) is 0.0174. The minimum atomic E-state index is -0.403. The zero-order valence-corrected chi connectivity index (χ0v) is 73.8. The van der Waals surface area contributed by atoms with Crippen molar-refractivity contribution >= 4 is 92.4 Å². The molecule has 37 heteroatoms. The normalized spacial score (nSPS) is 11.9. The van der Waals surface area contributed by atoms with Crippen molar-refractivity contribution in [3.8, 4) is 45.0 Å². The highest BCUT2D eigenvalue weighted by Gasteiger charge is 2.25. The predicted octanol–water partition coefficient (Wildman–Crippen LogP) is 10.7. The summed E-state index contributed by atoms with van der Waals surface area (Å²) >= 11 is 0. The van der Waals surface area contributed by atoms with Gasteiger partial charge in [0.2, 0.25) is 0 Å². The Morgan fingerprint density at radius 2 is 0.862 bits per heavy atom. The van der Waals surface area contributed by atoms with Crippen molar-refractivity contribution in [2.75, 3.05) is 172 Å². The molecule has 11 heterocycles. The highest BCUT2D eigenvalue weighted by Crippen LogP contribution is 2.28. The molecule has 130 heavy (non-hydrogen) atoms. The Morgan fingerprint density at radius 1 is 0.438 bits per heavy atom. The van der Waals surface area contributed by atoms with E-state index in [2.05, 4.69) is 170 Å². The number of H-pyrrole nitrogens is 5. The van der Waals surface area contributed by atoms with Gasteiger partial charge in [0.05, 0.1) is 72.6 Å². The number of carbonyl (C=O) groups is 4. The fraction of sp³-hybridized carbons (Fsp3) is 0.237. The average molecular weight is 1760 g/mol. The molecule has 0 unspecified atom stereocenters. The van der Waals surface area contributed by atoms with Gasteiger partial charge >= 0.3 is 0 Å². The van der Waals surface area contributed by atoms with Gasteiger partial charge in [0.1, 0.15) is 46.0 Å². The van der Waals surface area contributed by atoms with Crippen molar-refractivity contribution in [1.29, 1.82) is 0 Å². The number of aryl methyl sites for hydroxylation is 1. The number of hydrogen-bond acceptors (Lipinski definition) is 27. The van der Waals surface area contributed by atoms with Crippen molar-refractivity contribution in [2.24, 2.45) is 0 Å². The van der Waals surface area contributed by atoms with Crippen LogP contribution >= 0.6 is 0 Å². The molecule has 37 nitrogen and oxygen atoms in total. The number of likely N-dealkylation sites (N-methyl/N-ethyl adjacent to an activating group) is 2. The van der Waals surface area contributed by atoms with Crippen molar-refractivity contribution in [2.45, 2.75) is 38.3 Å². The summed E-state index contributed by atoms with van der Waals surface area (Å²) < 4.78 is 2.02. The Balaban J connectivity index is 0.000000157. The minimum Gasteiger partial charge on any atom is -0.385 e. The lowest BCUT2D eigenvalue weighted by atomic mass is 10.1. The van der Waals surface area contributed by atoms with Gasteiger partial charge in [-0.3, -0.25) is 53.3 Å². The van der Waals surface area contributed by atoms with Gasteiger partial charge < -0.3 is 102 Å². The summed E-state index contributed by atoms with van der Waals surface area (Å²) in [6.45, 7) is 6.39. The van der Waals surface area contributed by atoms with Crippen LogP contribution in [0.4, 0.5) is 68.8 Å². The Kier molecular flexibility index (Phi) is 32.5. The number of benzene rings is 4. The maximum absolute atomic E-state index is 12.8. The fourth-order valence-corrected chi connectivity index (χ4v) is 13.5. The third-order valence-corrected chi connectivity index (χ3v) is 21.0. The summed E-state index contributed by atoms with van der Waals surface area (Å²) in [5.74, 6) is 1.07. The first-order valence-electron chi connectivity index (χ1n) is 41.8. The van der Waals surface area contributed by atoms with Crippen LogP contribution in [0.3, 0.4) is 0 Å². The Bertz CT molecular complexity index is 6350. The molecule has 1 aliphatic rings. The molecule has 15 rings (SSSR count). The van der Waals surface area contributed by atoms with E-state index >= 15 is 0 Å². The van der Waals surface area contributed by atoms with E-state index in [9.17, 15) is 38.4 Å². The molecule has 0 radical (unpaired) electrons. The van der Waals surface area contributed by atoms with Gasteiger partial charge in [0, 0.05) is 210 Å². The number of rotatable bonds is 32. The van der Waals surface area contributed by atoms with E-state index in [1.165, 1.54) is 12.4 Å². The largest absolute Gasteiger partial charge is 0.385 e. The van der Waals surface area contributed by atoms with E-state index in [1.807, 2.05) is 97.8 Å². The summed E-state index contributed by atoms with van der Waals surface area (Å²) in [4.78, 5) is 163. The van der Waals surface area contributed by atoms with Crippen molar-refractivity contribution in [1.82, 2.24) is 84.1 Å². The second kappa shape index (κ2) is 45.5. The summed E-state index contributed by atoms with van der Waals surface area (Å²) in [5.41, 5.74) is 11.0. The summed E-state index contributed by atoms with van der Waals surface area (Å²) in [6.07, 6.45) is 28.7. The van der Waals surface area contributed by atoms with E-state index in [1.54, 1.807) is 169 Å². The monoisotopic (exact) mass is 1760 g/mol. The number of nitrogens with zero attached hydrogens (tertiary/aromatic N) is 15. The zero-order valence-electron chi connectivity index (χ0n) is 73.8. The lowest BCUT2D eigenvalue weighted by Gasteiger charge is -2.22. The molecule has 14 N–H and O–H groups in total. The third kappa shape index (κ3) is 26.2. The minimum absolute atomic E-state index is 0.134. The second-order valence-corrected chi connectivity index (χ2v) is 30.6. The van der Waals surface area contributed by atoms with Crippen LogP contribution in [0.2, 0.25) is 0 Å². The summed E-state index contributed by atoms with van der Waals surface area (Å²) in [6, 6.07) is 41.7. The molecule has 0 spiro atoms. The van der Waals surface area contributed by atoms with Gasteiger partial charge in [0.25, 0.3) is 45.9 Å². The molecule has 4 aromatic carbocycles. The number of anilines is 12. The molecule has 4 amide bonds. The van der Waals surface area contributed by atoms with E-state index in [4.69, 9.17) is 0 Å². The number of pyridine rings is 5. The summed E-state index contributed by atoms with van der Waals surface area (Å²) in [7, 11) is 19.4. The molecular formula is C93H105N29O8. The number of aromatic amines is 5. The first kappa shape index (κ1) is 92.9. The topological polar surface area (TPSA) is 461 Å². The van der Waals surface area contributed by atoms with Crippen molar-refractivity contribution < 1.29 is 19.2 Å². The van der Waals surface area contributed by atoms with Gasteiger partial charge in [-0.1, -0.05) is 6.07 Å². The SMILES string of the molecule is CNc1cccc(-c2c[nH]c(=O)c(NC(=O)c3ccc(N4CC[C@@H](N(C)C)C4)cc3)c2)n1.CNc1cncc(-c2c[nH]c(=O)c(NC(=O)c3ccc(N(C)CCCN(C)C)cc3)c2)n1.CNc1cncc(-c2c[nH]c(=O)c(NC(=O)c3ccc(N(C)CCc4cnc[nH]4)cc3)c2)n1.CNc1cncc(-c2c[nH]c(=O)c(NC(=O)c3ccc(NCCCn4ccnc4)cc3)c2)n1. The Hall–Kier alpha value is -16.3. The van der Waals surface area contributed by atoms with Crippen LogP contribution < -0.4 is 84.8 Å². The number of imidazole rings is 2. The maximum atomic E-state index is 12.8. The predicted molar refractivity (Wildman–Crippen MR) is 512 cm³/mol. The van der Waals surface area contributed by atoms with Crippen LogP contribution in [0.15, 0.2) is 252 Å². The highest BCUT2D eigenvalue weighted by atomic mass is 16.2. The number of aromatic nitrogens is 15. The number of carbonyl (C=O) groups excluding carboxylic acids is 4. The Morgan fingerprint density at radius 3 is 1.26 bits per heavy atom. The van der Waals surface area contributed by atoms with E-state index < -0.39 is 16.7 Å². The standard InChI is InChI=1S/C24H28N6O2.2C23H24N8O2.C23H29N7O2/c1-25-22-6-4-5-20(27-22)17-13-21(24(32)26-14-17)28-23(31)16-7-9-18(10-8-16)30-12-11-19(15-30)29(2)3;1-24-21-13-25-12-20(29-21)16-9-19(23(33)27-10-16)30-22(32)15-3-5-18(6-4-15)31(2)8-7-17-11-26-14-28-17;1-24-21-14-26-13-20(29-21)17-11-19(23(33)28-12-17)30-22(32)16-3-5-18(6-4-16)27-7-2-9-31-10-8-25-15-31;1-24-21-15-25-14-20(27-21)17-12-19(23(32)26-13-17)28-22(31)16-6-8-18(9-7-16)30(4)11-5-10-29(2)3/h4-10,13-14,19H,11-12,15H2,1-3H3,(H,25,27)(H,26,32)(H,28,31);3-6,9-14H,7-8H2,1-2H3,(H,24,29)(H,26,28)(H,27,33)(H,30,32);3-6,8,10-15,27H,2,7,9H2,1H3,(H,24,29)(H,28,33)(H,30,32);6-9,12-15H,5,10-11H2,1-4H3,(H,24,27)(H,26,32)(H,28,31)/t19-;;;/m1.../s1. The molecule has 670 valence electrons. The van der Waals surface area contributed by atoms with E-state index in [0.29, 0.717) is 96.6 Å². The van der Waals surface area contributed by atoms with Crippen LogP contribution in [-0.4, -0.2) is 224 Å². The third-order valence-electron chi connectivity index (χ3n) is 21.0. The molecule has 1 aliphatic heterocycles. The zero-order chi connectivity index (χ0) is 92.0. The number of nitrogens with one attached hydrogen (secondary N) is 14. The van der Waals surface area contributed by atoms with Crippen LogP contribution in [-0.2, 0) is 13.0 Å². The van der Waals surface area contributed by atoms with Crippen molar-refractivity contribution in [3.05, 3.63) is 302 Å². The van der Waals surface area contributed by atoms with Crippen LogP contribution in [0, 0.1) is 0 Å². The smallest absolute Gasteiger partial charge is 0.271 e. The van der Waals surface area contributed by atoms with Crippen LogP contribution in [0.5, 0.6) is 0 Å². The molecule has 0 aliphatic carbocycles. The lowest BCUT2D eigenvalue weighted by Crippen LogP contribution is -2.31. The molecule has 14 aromatic rings. The molecule has 0 saturated carbocycles. The number of amides is 4. The second-order valence-electron chi connectivity index (χ2n) is 30.6. The van der Waals surface area contributed by atoms with Crippen LogP contribution in [0.1, 0.15) is 66.4 Å². The molecular weight excluding hydrogens is 1650 g/mol. The van der Waals surface area contributed by atoms with Crippen molar-refractivity contribution in [3.63, 3.8) is 0 Å². The average Bonchev–Trinajstić information content (AvgIpc) is 1.28. The molecule has 1 fully saturated rings.